The molecular formula is C15H14F3IN2O2S. The summed E-state index contributed by atoms with van der Waals surface area (Å²) in [5, 5.41) is 0. The summed E-state index contributed by atoms with van der Waals surface area (Å²) in [4.78, 5) is 3.30. The van der Waals surface area contributed by atoms with Crippen molar-refractivity contribution in [2.45, 2.75) is 30.8 Å². The van der Waals surface area contributed by atoms with E-state index in [1.54, 1.807) is 34.7 Å². The molecule has 1 N–H and O–H groups in total. The lowest BCUT2D eigenvalue weighted by atomic mass is 10.0. The zero-order valence-electron chi connectivity index (χ0n) is 12.7. The monoisotopic (exact) mass is 470 g/mol. The maximum Gasteiger partial charge on any atom is 0.433 e. The van der Waals surface area contributed by atoms with E-state index in [9.17, 15) is 21.6 Å². The molecule has 0 bridgehead atoms. The molecule has 0 saturated carbocycles. The number of rotatable bonds is 4. The van der Waals surface area contributed by atoms with Crippen molar-refractivity contribution in [3.8, 4) is 0 Å². The average Bonchev–Trinajstić information content (AvgIpc) is 2.48. The standard InChI is InChI=1S/C15H14F3IN2O2S/c1-9(2)10-3-5-11(6-4-10)24(22,23)21-13-8-20-14(7-12(13)19)15(16,17)18/h3-9,21H,1-2H3. The Morgan fingerprint density at radius 2 is 1.75 bits per heavy atom. The van der Waals surface area contributed by atoms with Crippen molar-refractivity contribution in [1.29, 1.82) is 0 Å². The number of pyridine rings is 1. The third-order valence-electron chi connectivity index (χ3n) is 3.25. The second kappa shape index (κ2) is 6.87. The SMILES string of the molecule is CC(C)c1ccc(S(=O)(=O)Nc2cnc(C(F)(F)F)cc2I)cc1. The van der Waals surface area contributed by atoms with Crippen molar-refractivity contribution in [2.75, 3.05) is 4.72 Å². The first kappa shape index (κ1) is 19.0. The molecule has 0 fully saturated rings. The Labute approximate surface area is 151 Å². The number of anilines is 1. The largest absolute Gasteiger partial charge is 0.433 e. The van der Waals surface area contributed by atoms with Gasteiger partial charge in [0.05, 0.1) is 16.8 Å². The molecule has 0 atom stereocenters. The molecule has 2 rings (SSSR count). The van der Waals surface area contributed by atoms with E-state index < -0.39 is 21.9 Å². The van der Waals surface area contributed by atoms with Crippen molar-refractivity contribution in [3.63, 3.8) is 0 Å². The number of nitrogens with zero attached hydrogens (tertiary/aromatic N) is 1. The van der Waals surface area contributed by atoms with E-state index in [4.69, 9.17) is 0 Å². The highest BCUT2D eigenvalue weighted by Gasteiger charge is 2.33. The van der Waals surface area contributed by atoms with Gasteiger partial charge in [-0.2, -0.15) is 13.2 Å². The van der Waals surface area contributed by atoms with Crippen molar-refractivity contribution in [2.24, 2.45) is 0 Å². The Morgan fingerprint density at radius 3 is 2.21 bits per heavy atom. The highest BCUT2D eigenvalue weighted by Crippen LogP contribution is 2.31. The first-order chi connectivity index (χ1) is 11.0. The van der Waals surface area contributed by atoms with Crippen LogP contribution in [0.25, 0.3) is 0 Å². The van der Waals surface area contributed by atoms with Crippen LogP contribution in [0.1, 0.15) is 31.0 Å². The zero-order valence-corrected chi connectivity index (χ0v) is 15.7. The minimum absolute atomic E-state index is 0.00321. The van der Waals surface area contributed by atoms with Crippen LogP contribution < -0.4 is 4.72 Å². The molecule has 130 valence electrons. The highest BCUT2D eigenvalue weighted by molar-refractivity contribution is 14.1. The number of sulfonamides is 1. The van der Waals surface area contributed by atoms with Crippen molar-refractivity contribution < 1.29 is 21.6 Å². The molecular weight excluding hydrogens is 456 g/mol. The van der Waals surface area contributed by atoms with Gasteiger partial charge in [0.25, 0.3) is 10.0 Å². The van der Waals surface area contributed by atoms with Gasteiger partial charge in [-0.3, -0.25) is 4.72 Å². The maximum absolute atomic E-state index is 12.6. The lowest BCUT2D eigenvalue weighted by Crippen LogP contribution is -2.15. The fourth-order valence-corrected chi connectivity index (χ4v) is 3.71. The molecule has 4 nitrogen and oxygen atoms in total. The molecule has 0 radical (unpaired) electrons. The summed E-state index contributed by atoms with van der Waals surface area (Å²) >= 11 is 1.63. The smallest absolute Gasteiger partial charge is 0.277 e. The number of halogens is 4. The van der Waals surface area contributed by atoms with E-state index in [0.717, 1.165) is 17.8 Å². The summed E-state index contributed by atoms with van der Waals surface area (Å²) in [5.74, 6) is 0.259. The van der Waals surface area contributed by atoms with Crippen LogP contribution in [0.5, 0.6) is 0 Å². The number of nitrogens with one attached hydrogen (secondary N) is 1. The molecule has 0 saturated heterocycles. The Balaban J connectivity index is 2.29. The van der Waals surface area contributed by atoms with Gasteiger partial charge in [-0.25, -0.2) is 13.4 Å². The van der Waals surface area contributed by atoms with Gasteiger partial charge in [0, 0.05) is 3.57 Å². The predicted molar refractivity (Wildman–Crippen MR) is 93.3 cm³/mol. The Hall–Kier alpha value is -1.36. The molecule has 1 aromatic carbocycles. The quantitative estimate of drug-likeness (QED) is 0.664. The number of alkyl halides is 3. The normalized spacial score (nSPS) is 12.5. The number of aromatic nitrogens is 1. The topological polar surface area (TPSA) is 59.1 Å². The van der Waals surface area contributed by atoms with E-state index in [-0.39, 0.29) is 20.1 Å². The molecule has 0 aliphatic carbocycles. The first-order valence-corrected chi connectivity index (χ1v) is 9.42. The fourth-order valence-electron chi connectivity index (χ4n) is 1.90. The van der Waals surface area contributed by atoms with Crippen LogP contribution in [0.3, 0.4) is 0 Å². The van der Waals surface area contributed by atoms with Crippen LogP contribution in [0.2, 0.25) is 0 Å². The zero-order chi connectivity index (χ0) is 18.1. The second-order valence-electron chi connectivity index (χ2n) is 5.38. The third kappa shape index (κ3) is 4.38. The summed E-state index contributed by atoms with van der Waals surface area (Å²) in [7, 11) is -3.90. The summed E-state index contributed by atoms with van der Waals surface area (Å²) in [6, 6.07) is 7.12. The van der Waals surface area contributed by atoms with Gasteiger partial charge in [0.2, 0.25) is 0 Å². The molecule has 9 heteroatoms. The van der Waals surface area contributed by atoms with E-state index in [0.29, 0.717) is 0 Å². The Kier molecular flexibility index (Phi) is 5.43. The van der Waals surface area contributed by atoms with Gasteiger partial charge in [-0.1, -0.05) is 26.0 Å². The molecule has 0 aliphatic rings. The molecule has 0 amide bonds. The molecule has 2 aromatic rings. The Morgan fingerprint density at radius 1 is 1.17 bits per heavy atom. The van der Waals surface area contributed by atoms with Gasteiger partial charge in [-0.05, 0) is 52.3 Å². The van der Waals surface area contributed by atoms with E-state index in [1.165, 1.54) is 12.1 Å². The van der Waals surface area contributed by atoms with Crippen molar-refractivity contribution in [1.82, 2.24) is 4.98 Å². The van der Waals surface area contributed by atoms with Crippen LogP contribution in [-0.2, 0) is 16.2 Å². The minimum Gasteiger partial charge on any atom is -0.277 e. The molecule has 0 spiro atoms. The summed E-state index contributed by atoms with van der Waals surface area (Å²) in [5.41, 5.74) is -0.0904. The van der Waals surface area contributed by atoms with Crippen LogP contribution in [0.15, 0.2) is 41.4 Å². The number of benzene rings is 1. The minimum atomic E-state index is -4.58. The second-order valence-corrected chi connectivity index (χ2v) is 8.22. The summed E-state index contributed by atoms with van der Waals surface area (Å²) in [6.45, 7) is 3.97. The van der Waals surface area contributed by atoms with E-state index >= 15 is 0 Å². The number of hydrogen-bond donors (Lipinski definition) is 1. The van der Waals surface area contributed by atoms with Gasteiger partial charge in [0.15, 0.2) is 0 Å². The molecule has 24 heavy (non-hydrogen) atoms. The molecule has 1 heterocycles. The summed E-state index contributed by atoms with van der Waals surface area (Å²) in [6.07, 6.45) is -3.71. The molecule has 1 aromatic heterocycles. The van der Waals surface area contributed by atoms with Crippen LogP contribution >= 0.6 is 22.6 Å². The lowest BCUT2D eigenvalue weighted by Gasteiger charge is -2.12. The highest BCUT2D eigenvalue weighted by atomic mass is 127. The van der Waals surface area contributed by atoms with E-state index in [2.05, 4.69) is 9.71 Å². The molecule has 0 unspecified atom stereocenters. The van der Waals surface area contributed by atoms with Crippen LogP contribution in [0, 0.1) is 3.57 Å². The van der Waals surface area contributed by atoms with Crippen molar-refractivity contribution >= 4 is 38.3 Å². The van der Waals surface area contributed by atoms with Crippen LogP contribution in [0.4, 0.5) is 18.9 Å². The van der Waals surface area contributed by atoms with E-state index in [1.807, 2.05) is 13.8 Å². The maximum atomic E-state index is 12.6. The predicted octanol–water partition coefficient (Wildman–Crippen LogP) is 4.63. The lowest BCUT2D eigenvalue weighted by molar-refractivity contribution is -0.141. The van der Waals surface area contributed by atoms with Crippen molar-refractivity contribution in [3.05, 3.63) is 51.4 Å². The van der Waals surface area contributed by atoms with Gasteiger partial charge in [0.1, 0.15) is 5.69 Å². The Bertz CT molecular complexity index is 835. The van der Waals surface area contributed by atoms with Gasteiger partial charge < -0.3 is 0 Å². The number of hydrogen-bond acceptors (Lipinski definition) is 3. The summed E-state index contributed by atoms with van der Waals surface area (Å²) < 4.78 is 64.9. The van der Waals surface area contributed by atoms with Gasteiger partial charge >= 0.3 is 6.18 Å². The fraction of sp³-hybridized carbons (Fsp3) is 0.267. The first-order valence-electron chi connectivity index (χ1n) is 6.86. The van der Waals surface area contributed by atoms with Gasteiger partial charge in [-0.15, -0.1) is 0 Å². The average molecular weight is 470 g/mol. The third-order valence-corrected chi connectivity index (χ3v) is 5.52. The van der Waals surface area contributed by atoms with Crippen LogP contribution in [-0.4, -0.2) is 13.4 Å². The molecule has 0 aliphatic heterocycles.